The highest BCUT2D eigenvalue weighted by Crippen LogP contribution is 2.12. The normalized spacial score (nSPS) is 10.6. The summed E-state index contributed by atoms with van der Waals surface area (Å²) in [6.07, 6.45) is 0. The molecule has 94 valence electrons. The Hall–Kier alpha value is -1.49. The molecule has 0 saturated carbocycles. The van der Waals surface area contributed by atoms with Gasteiger partial charge in [-0.3, -0.25) is 9.69 Å². The van der Waals surface area contributed by atoms with Crippen LogP contribution < -0.4 is 0 Å². The van der Waals surface area contributed by atoms with Gasteiger partial charge in [-0.05, 0) is 20.0 Å². The average Bonchev–Trinajstić information content (AvgIpc) is 2.25. The number of likely N-dealkylation sites (N-methyl/N-ethyl adjacent to an activating group) is 1. The van der Waals surface area contributed by atoms with Gasteiger partial charge in [0, 0.05) is 12.1 Å². The van der Waals surface area contributed by atoms with E-state index in [4.69, 9.17) is 4.74 Å². The van der Waals surface area contributed by atoms with E-state index in [0.717, 1.165) is 6.07 Å². The third-order valence-corrected chi connectivity index (χ3v) is 2.18. The van der Waals surface area contributed by atoms with E-state index in [0.29, 0.717) is 6.61 Å². The first kappa shape index (κ1) is 13.6. The summed E-state index contributed by atoms with van der Waals surface area (Å²) in [4.78, 5) is 12.7. The van der Waals surface area contributed by atoms with Gasteiger partial charge < -0.3 is 4.74 Å². The van der Waals surface area contributed by atoms with Crippen molar-refractivity contribution in [2.45, 2.75) is 13.5 Å². The van der Waals surface area contributed by atoms with Gasteiger partial charge >= 0.3 is 5.97 Å². The van der Waals surface area contributed by atoms with Crippen LogP contribution in [0.5, 0.6) is 0 Å². The fraction of sp³-hybridized carbons (Fsp3) is 0.417. The summed E-state index contributed by atoms with van der Waals surface area (Å²) in [5.74, 6) is -2.14. The molecule has 0 spiro atoms. The van der Waals surface area contributed by atoms with Gasteiger partial charge in [0.15, 0.2) is 11.6 Å². The molecule has 1 aromatic carbocycles. The molecule has 0 unspecified atom stereocenters. The molecule has 1 rings (SSSR count). The molecule has 0 heterocycles. The third-order valence-electron chi connectivity index (χ3n) is 2.18. The summed E-state index contributed by atoms with van der Waals surface area (Å²) >= 11 is 0. The van der Waals surface area contributed by atoms with Crippen molar-refractivity contribution in [1.82, 2.24) is 4.90 Å². The van der Waals surface area contributed by atoms with Crippen molar-refractivity contribution in [1.29, 1.82) is 0 Å². The molecule has 0 radical (unpaired) electrons. The summed E-state index contributed by atoms with van der Waals surface area (Å²) in [5, 5.41) is 0. The van der Waals surface area contributed by atoms with Crippen LogP contribution in [0.3, 0.4) is 0 Å². The van der Waals surface area contributed by atoms with E-state index in [1.54, 1.807) is 18.9 Å². The lowest BCUT2D eigenvalue weighted by atomic mass is 10.2. The number of nitrogens with zero attached hydrogens (tertiary/aromatic N) is 1. The number of halogens is 2. The van der Waals surface area contributed by atoms with Crippen molar-refractivity contribution in [2.24, 2.45) is 0 Å². The van der Waals surface area contributed by atoms with Gasteiger partial charge in [0.25, 0.3) is 0 Å². The molecule has 0 aromatic heterocycles. The minimum Gasteiger partial charge on any atom is -0.465 e. The Morgan fingerprint density at radius 2 is 2.12 bits per heavy atom. The van der Waals surface area contributed by atoms with Crippen LogP contribution in [0.2, 0.25) is 0 Å². The van der Waals surface area contributed by atoms with Crippen LogP contribution in [0.4, 0.5) is 8.78 Å². The lowest BCUT2D eigenvalue weighted by molar-refractivity contribution is -0.144. The highest BCUT2D eigenvalue weighted by atomic mass is 19.2. The Morgan fingerprint density at radius 1 is 1.41 bits per heavy atom. The topological polar surface area (TPSA) is 29.5 Å². The van der Waals surface area contributed by atoms with Crippen molar-refractivity contribution in [2.75, 3.05) is 20.2 Å². The van der Waals surface area contributed by atoms with Crippen molar-refractivity contribution in [3.63, 3.8) is 0 Å². The molecule has 0 aliphatic rings. The van der Waals surface area contributed by atoms with E-state index in [2.05, 4.69) is 0 Å². The maximum absolute atomic E-state index is 13.3. The molecule has 0 aliphatic carbocycles. The van der Waals surface area contributed by atoms with E-state index in [9.17, 15) is 13.6 Å². The molecule has 0 saturated heterocycles. The number of hydrogen-bond donors (Lipinski definition) is 0. The van der Waals surface area contributed by atoms with Crippen molar-refractivity contribution < 1.29 is 18.3 Å². The van der Waals surface area contributed by atoms with E-state index in [1.165, 1.54) is 12.1 Å². The van der Waals surface area contributed by atoms with Crippen LogP contribution in [0, 0.1) is 11.6 Å². The Morgan fingerprint density at radius 3 is 2.76 bits per heavy atom. The van der Waals surface area contributed by atoms with Gasteiger partial charge in [-0.2, -0.15) is 0 Å². The Balaban J connectivity index is 2.59. The third kappa shape index (κ3) is 4.11. The van der Waals surface area contributed by atoms with Gasteiger partial charge in [-0.25, -0.2) is 8.78 Å². The SMILES string of the molecule is CCOC(=O)CN(C)Cc1cccc(F)c1F. The van der Waals surface area contributed by atoms with E-state index in [-0.39, 0.29) is 24.6 Å². The summed E-state index contributed by atoms with van der Waals surface area (Å²) < 4.78 is 31.0. The number of carbonyl (C=O) groups is 1. The second-order valence-corrected chi connectivity index (χ2v) is 3.69. The molecule has 1 aromatic rings. The Bertz CT molecular complexity index is 396. The fourth-order valence-electron chi connectivity index (χ4n) is 1.44. The second-order valence-electron chi connectivity index (χ2n) is 3.69. The maximum Gasteiger partial charge on any atom is 0.320 e. The standard InChI is InChI=1S/C12H15F2NO2/c1-3-17-11(16)8-15(2)7-9-5-4-6-10(13)12(9)14/h4-6H,3,7-8H2,1-2H3. The molecular weight excluding hydrogens is 228 g/mol. The number of hydrogen-bond acceptors (Lipinski definition) is 3. The van der Waals surface area contributed by atoms with E-state index in [1.807, 2.05) is 0 Å². The molecule has 0 amide bonds. The van der Waals surface area contributed by atoms with Crippen LogP contribution in [-0.2, 0) is 16.1 Å². The van der Waals surface area contributed by atoms with Crippen LogP contribution in [0.25, 0.3) is 0 Å². The zero-order valence-electron chi connectivity index (χ0n) is 9.87. The number of benzene rings is 1. The number of carbonyl (C=O) groups excluding carboxylic acids is 1. The summed E-state index contributed by atoms with van der Waals surface area (Å²) in [7, 11) is 1.64. The molecule has 5 heteroatoms. The first-order chi connectivity index (χ1) is 8.04. The van der Waals surface area contributed by atoms with E-state index < -0.39 is 11.6 Å². The molecule has 17 heavy (non-hydrogen) atoms. The zero-order chi connectivity index (χ0) is 12.8. The minimum atomic E-state index is -0.882. The fourth-order valence-corrected chi connectivity index (χ4v) is 1.44. The number of rotatable bonds is 5. The molecule has 3 nitrogen and oxygen atoms in total. The quantitative estimate of drug-likeness (QED) is 0.740. The summed E-state index contributed by atoms with van der Waals surface area (Å²) in [5.41, 5.74) is 0.219. The van der Waals surface area contributed by atoms with Crippen molar-refractivity contribution in [3.8, 4) is 0 Å². The van der Waals surface area contributed by atoms with Gasteiger partial charge in [-0.15, -0.1) is 0 Å². The molecule has 0 N–H and O–H groups in total. The lowest BCUT2D eigenvalue weighted by Crippen LogP contribution is -2.27. The summed E-state index contributed by atoms with van der Waals surface area (Å²) in [6.45, 7) is 2.22. The predicted molar refractivity (Wildman–Crippen MR) is 59.3 cm³/mol. The van der Waals surface area contributed by atoms with Gasteiger partial charge in [0.2, 0.25) is 0 Å². The van der Waals surface area contributed by atoms with Crippen molar-refractivity contribution >= 4 is 5.97 Å². The Labute approximate surface area is 99.0 Å². The zero-order valence-corrected chi connectivity index (χ0v) is 9.87. The Kier molecular flexibility index (Phi) is 5.03. The largest absolute Gasteiger partial charge is 0.465 e. The van der Waals surface area contributed by atoms with Gasteiger partial charge in [0.1, 0.15) is 0 Å². The number of ether oxygens (including phenoxy) is 1. The first-order valence-electron chi connectivity index (χ1n) is 5.31. The maximum atomic E-state index is 13.3. The van der Waals surface area contributed by atoms with Crippen LogP contribution in [0.15, 0.2) is 18.2 Å². The van der Waals surface area contributed by atoms with Crippen LogP contribution in [-0.4, -0.2) is 31.1 Å². The van der Waals surface area contributed by atoms with Crippen LogP contribution >= 0.6 is 0 Å². The van der Waals surface area contributed by atoms with E-state index >= 15 is 0 Å². The monoisotopic (exact) mass is 243 g/mol. The van der Waals surface area contributed by atoms with Crippen LogP contribution in [0.1, 0.15) is 12.5 Å². The average molecular weight is 243 g/mol. The molecular formula is C12H15F2NO2. The molecule has 0 fully saturated rings. The predicted octanol–water partition coefficient (Wildman–Crippen LogP) is 1.96. The highest BCUT2D eigenvalue weighted by Gasteiger charge is 2.12. The first-order valence-corrected chi connectivity index (χ1v) is 5.31. The summed E-state index contributed by atoms with van der Waals surface area (Å²) in [6, 6.07) is 3.98. The van der Waals surface area contributed by atoms with Crippen molar-refractivity contribution in [3.05, 3.63) is 35.4 Å². The van der Waals surface area contributed by atoms with Gasteiger partial charge in [-0.1, -0.05) is 12.1 Å². The molecule has 0 atom stereocenters. The smallest absolute Gasteiger partial charge is 0.320 e. The highest BCUT2D eigenvalue weighted by molar-refractivity contribution is 5.71. The second kappa shape index (κ2) is 6.30. The van der Waals surface area contributed by atoms with Gasteiger partial charge in [0.05, 0.1) is 13.2 Å². The molecule has 0 bridgehead atoms. The lowest BCUT2D eigenvalue weighted by Gasteiger charge is -2.16. The minimum absolute atomic E-state index is 0.0454. The number of esters is 1. The molecule has 0 aliphatic heterocycles.